The Hall–Kier alpha value is -3.43. The smallest absolute Gasteiger partial charge is 0.335 e. The van der Waals surface area contributed by atoms with Crippen molar-refractivity contribution < 1.29 is 22.4 Å². The molecule has 10 heteroatoms. The summed E-state index contributed by atoms with van der Waals surface area (Å²) < 4.78 is 53.4. The van der Waals surface area contributed by atoms with Crippen LogP contribution in [-0.2, 0) is 12.6 Å². The van der Waals surface area contributed by atoms with Gasteiger partial charge in [-0.25, -0.2) is 24.3 Å². The van der Waals surface area contributed by atoms with Gasteiger partial charge in [-0.05, 0) is 49.8 Å². The van der Waals surface area contributed by atoms with Gasteiger partial charge in [0.15, 0.2) is 5.82 Å². The lowest BCUT2D eigenvalue weighted by molar-refractivity contribution is -0.138. The molecule has 0 radical (unpaired) electrons. The molecule has 1 aromatic carbocycles. The van der Waals surface area contributed by atoms with Gasteiger partial charge in [0.25, 0.3) is 5.91 Å². The maximum atomic E-state index is 15.0. The van der Waals surface area contributed by atoms with Gasteiger partial charge in [0.2, 0.25) is 0 Å². The fourth-order valence-electron chi connectivity index (χ4n) is 4.60. The maximum Gasteiger partial charge on any atom is 0.419 e. The van der Waals surface area contributed by atoms with Crippen LogP contribution in [0.25, 0.3) is 11.4 Å². The van der Waals surface area contributed by atoms with Gasteiger partial charge >= 0.3 is 6.18 Å². The summed E-state index contributed by atoms with van der Waals surface area (Å²) in [5.74, 6) is -0.327. The van der Waals surface area contributed by atoms with Crippen molar-refractivity contribution in [1.82, 2.24) is 24.8 Å². The van der Waals surface area contributed by atoms with Gasteiger partial charge in [0, 0.05) is 43.8 Å². The van der Waals surface area contributed by atoms with Gasteiger partial charge in [-0.15, -0.1) is 0 Å². The lowest BCUT2D eigenvalue weighted by atomic mass is 9.86. The van der Waals surface area contributed by atoms with Crippen molar-refractivity contribution in [3.63, 3.8) is 0 Å². The van der Waals surface area contributed by atoms with E-state index >= 15 is 0 Å². The quantitative estimate of drug-likeness (QED) is 0.459. The zero-order chi connectivity index (χ0) is 25.2. The highest BCUT2D eigenvalue weighted by Crippen LogP contribution is 2.33. The van der Waals surface area contributed by atoms with Crippen LogP contribution in [0, 0.1) is 18.7 Å². The third-order valence-electron chi connectivity index (χ3n) is 6.44. The number of aromatic nitrogens is 4. The Balaban J connectivity index is 1.61. The predicted octanol–water partition coefficient (Wildman–Crippen LogP) is 5.27. The summed E-state index contributed by atoms with van der Waals surface area (Å²) in [5.41, 5.74) is 0.00274. The molecule has 0 saturated carbocycles. The van der Waals surface area contributed by atoms with Crippen molar-refractivity contribution in [3.8, 4) is 11.4 Å². The molecule has 1 fully saturated rings. The summed E-state index contributed by atoms with van der Waals surface area (Å²) in [7, 11) is 0. The van der Waals surface area contributed by atoms with Crippen molar-refractivity contribution in [3.05, 3.63) is 71.3 Å². The van der Waals surface area contributed by atoms with E-state index < -0.39 is 17.6 Å². The van der Waals surface area contributed by atoms with Gasteiger partial charge < -0.3 is 4.90 Å². The predicted molar refractivity (Wildman–Crippen MR) is 121 cm³/mol. The molecular weight excluding hydrogens is 462 g/mol. The maximum absolute atomic E-state index is 15.0. The van der Waals surface area contributed by atoms with Crippen LogP contribution in [0.5, 0.6) is 0 Å². The number of aryl methyl sites for hydroxylation is 2. The average Bonchev–Trinajstić information content (AvgIpc) is 2.84. The van der Waals surface area contributed by atoms with E-state index in [1.807, 2.05) is 6.92 Å². The van der Waals surface area contributed by atoms with Crippen molar-refractivity contribution >= 4 is 5.91 Å². The number of hydrogen-bond acceptors (Lipinski definition) is 5. The molecule has 2 aromatic heterocycles. The van der Waals surface area contributed by atoms with E-state index in [2.05, 4.69) is 19.9 Å². The fourth-order valence-corrected chi connectivity index (χ4v) is 4.60. The van der Waals surface area contributed by atoms with E-state index in [4.69, 9.17) is 0 Å². The molecule has 0 unspecified atom stereocenters. The summed E-state index contributed by atoms with van der Waals surface area (Å²) in [6.45, 7) is 4.28. The number of hydrogen-bond donors (Lipinski definition) is 0. The zero-order valence-corrected chi connectivity index (χ0v) is 19.4. The van der Waals surface area contributed by atoms with Crippen LogP contribution in [0.1, 0.15) is 53.5 Å². The van der Waals surface area contributed by atoms with Crippen LogP contribution in [0.4, 0.5) is 17.6 Å². The first-order chi connectivity index (χ1) is 16.7. The summed E-state index contributed by atoms with van der Waals surface area (Å²) in [5, 5.41) is 0. The molecule has 3 aromatic rings. The molecule has 1 saturated heterocycles. The Morgan fingerprint density at radius 1 is 1.11 bits per heavy atom. The molecular formula is C25H25F4N5O. The highest BCUT2D eigenvalue weighted by atomic mass is 19.4. The van der Waals surface area contributed by atoms with Gasteiger partial charge in [-0.1, -0.05) is 13.0 Å². The molecule has 1 amide bonds. The van der Waals surface area contributed by atoms with Crippen LogP contribution < -0.4 is 0 Å². The molecule has 0 bridgehead atoms. The van der Waals surface area contributed by atoms with E-state index in [0.717, 1.165) is 25.2 Å². The van der Waals surface area contributed by atoms with E-state index in [-0.39, 0.29) is 40.6 Å². The Morgan fingerprint density at radius 3 is 2.46 bits per heavy atom. The fraction of sp³-hybridized carbons (Fsp3) is 0.400. The molecule has 1 aliphatic rings. The van der Waals surface area contributed by atoms with Crippen LogP contribution in [0.15, 0.2) is 43.0 Å². The summed E-state index contributed by atoms with van der Waals surface area (Å²) >= 11 is 0. The van der Waals surface area contributed by atoms with Crippen LogP contribution >= 0.6 is 0 Å². The Morgan fingerprint density at radius 2 is 1.80 bits per heavy atom. The number of rotatable bonds is 5. The molecule has 35 heavy (non-hydrogen) atoms. The minimum absolute atomic E-state index is 0.0682. The van der Waals surface area contributed by atoms with Crippen LogP contribution in [0.2, 0.25) is 0 Å². The molecule has 2 atom stereocenters. The second-order valence-electron chi connectivity index (χ2n) is 8.80. The molecule has 6 nitrogen and oxygen atoms in total. The number of piperidine rings is 1. The molecule has 1 aliphatic heterocycles. The largest absolute Gasteiger partial charge is 0.419 e. The average molecular weight is 488 g/mol. The van der Waals surface area contributed by atoms with Gasteiger partial charge in [-0.3, -0.25) is 4.79 Å². The molecule has 184 valence electrons. The summed E-state index contributed by atoms with van der Waals surface area (Å²) in [6.07, 6.45) is 2.53. The van der Waals surface area contributed by atoms with Crippen LogP contribution in [-0.4, -0.2) is 43.3 Å². The third kappa shape index (κ3) is 5.31. The number of amides is 1. The summed E-state index contributed by atoms with van der Waals surface area (Å²) in [4.78, 5) is 31.6. The molecule has 0 spiro atoms. The van der Waals surface area contributed by atoms with Crippen LogP contribution in [0.3, 0.4) is 0 Å². The minimum Gasteiger partial charge on any atom is -0.335 e. The van der Waals surface area contributed by atoms with Crippen molar-refractivity contribution in [2.45, 2.75) is 51.7 Å². The van der Waals surface area contributed by atoms with E-state index in [1.165, 1.54) is 18.5 Å². The number of alkyl halides is 3. The number of benzene rings is 1. The first kappa shape index (κ1) is 24.7. The number of carbonyl (C=O) groups excluding carboxylic acids is 1. The minimum atomic E-state index is -4.50. The first-order valence-electron chi connectivity index (χ1n) is 11.4. The highest BCUT2D eigenvalue weighted by molar-refractivity contribution is 6.02. The van der Waals surface area contributed by atoms with E-state index in [0.29, 0.717) is 24.9 Å². The van der Waals surface area contributed by atoms with Gasteiger partial charge in [0.1, 0.15) is 11.6 Å². The molecule has 0 aliphatic carbocycles. The Bertz CT molecular complexity index is 1180. The number of likely N-dealkylation sites (tertiary alicyclic amines) is 1. The SMILES string of the molecule is Cc1ccc(F)c(-c2ncccn2)c1C(=O)N1CCC[C@@H](C)[C@H]1CCc1ncc(C(F)(F)F)cn1. The monoisotopic (exact) mass is 487 g/mol. The van der Waals surface area contributed by atoms with E-state index in [9.17, 15) is 22.4 Å². The molecule has 4 rings (SSSR count). The number of halogens is 4. The first-order valence-corrected chi connectivity index (χ1v) is 11.4. The Kier molecular flexibility index (Phi) is 7.09. The Labute approximate surface area is 200 Å². The lowest BCUT2D eigenvalue weighted by Crippen LogP contribution is -2.48. The van der Waals surface area contributed by atoms with Gasteiger partial charge in [0.05, 0.1) is 16.7 Å². The van der Waals surface area contributed by atoms with Gasteiger partial charge in [-0.2, -0.15) is 13.2 Å². The standard InChI is InChI=1S/C25H25F4N5O/c1-15-5-3-12-34(19(15)8-9-20-32-13-17(14-33-20)25(27,28)29)24(35)21-16(2)6-7-18(26)22(21)23-30-10-4-11-31-23/h4,6-7,10-11,13-15,19H,3,5,8-9,12H2,1-2H3/t15-,19-/m1/s1. The van der Waals surface area contributed by atoms with E-state index in [1.54, 1.807) is 24.0 Å². The highest BCUT2D eigenvalue weighted by Gasteiger charge is 2.35. The van der Waals surface area contributed by atoms with Crippen molar-refractivity contribution in [2.24, 2.45) is 5.92 Å². The zero-order valence-electron chi connectivity index (χ0n) is 19.4. The van der Waals surface area contributed by atoms with Crippen molar-refractivity contribution in [1.29, 1.82) is 0 Å². The second-order valence-corrected chi connectivity index (χ2v) is 8.80. The second kappa shape index (κ2) is 10.1. The summed E-state index contributed by atoms with van der Waals surface area (Å²) in [6, 6.07) is 4.28. The third-order valence-corrected chi connectivity index (χ3v) is 6.44. The lowest BCUT2D eigenvalue weighted by Gasteiger charge is -2.40. The van der Waals surface area contributed by atoms with Crippen molar-refractivity contribution in [2.75, 3.05) is 6.54 Å². The molecule has 3 heterocycles. The normalized spacial score (nSPS) is 18.5. The molecule has 0 N–H and O–H groups in total. The topological polar surface area (TPSA) is 71.9 Å². The number of carbonyl (C=O) groups is 1. The number of nitrogens with zero attached hydrogens (tertiary/aromatic N) is 5.